The first kappa shape index (κ1) is 23.3. The highest BCUT2D eigenvalue weighted by molar-refractivity contribution is 7.98. The van der Waals surface area contributed by atoms with Crippen molar-refractivity contribution in [2.24, 2.45) is 0 Å². The first-order valence-corrected chi connectivity index (χ1v) is 11.7. The fourth-order valence-corrected chi connectivity index (χ4v) is 5.02. The molecule has 0 atom stereocenters. The maximum atomic E-state index is 13.3. The first-order valence-electron chi connectivity index (χ1n) is 10.4. The van der Waals surface area contributed by atoms with Gasteiger partial charge in [0.2, 0.25) is 0 Å². The van der Waals surface area contributed by atoms with E-state index < -0.39 is 5.82 Å². The summed E-state index contributed by atoms with van der Waals surface area (Å²) >= 11 is 7.50. The summed E-state index contributed by atoms with van der Waals surface area (Å²) in [6, 6.07) is 7.22. The molecule has 7 nitrogen and oxygen atoms in total. The molecule has 3 heterocycles. The molecule has 0 spiro atoms. The van der Waals surface area contributed by atoms with Gasteiger partial charge in [0.15, 0.2) is 0 Å². The molecule has 0 radical (unpaired) electrons. The van der Waals surface area contributed by atoms with Crippen LogP contribution in [0.5, 0.6) is 0 Å². The Hall–Kier alpha value is -2.91. The molecule has 0 unspecified atom stereocenters. The van der Waals surface area contributed by atoms with Crippen LogP contribution in [0.1, 0.15) is 37.7 Å². The van der Waals surface area contributed by atoms with Crippen LogP contribution in [-0.2, 0) is 5.75 Å². The van der Waals surface area contributed by atoms with Gasteiger partial charge in [-0.1, -0.05) is 16.8 Å². The maximum Gasteiger partial charge on any atom is 0.256 e. The van der Waals surface area contributed by atoms with E-state index in [1.54, 1.807) is 28.1 Å². The molecule has 0 aliphatic carbocycles. The SMILES string of the molecule is Cc1noc(C)c1CSc1ncccc1C(=O)N1CCN(C(=O)c2ccc(F)cc2Cl)CC1. The van der Waals surface area contributed by atoms with Crippen molar-refractivity contribution in [3.63, 3.8) is 0 Å². The molecule has 1 aliphatic rings. The minimum atomic E-state index is -0.494. The molecule has 10 heteroatoms. The van der Waals surface area contributed by atoms with Crippen molar-refractivity contribution in [1.29, 1.82) is 0 Å². The number of rotatable bonds is 5. The molecule has 4 rings (SSSR count). The normalized spacial score (nSPS) is 13.9. The topological polar surface area (TPSA) is 79.5 Å². The number of hydrogen-bond donors (Lipinski definition) is 0. The van der Waals surface area contributed by atoms with Crippen molar-refractivity contribution < 1.29 is 18.5 Å². The largest absolute Gasteiger partial charge is 0.361 e. The van der Waals surface area contributed by atoms with Crippen LogP contribution in [0.4, 0.5) is 4.39 Å². The van der Waals surface area contributed by atoms with Gasteiger partial charge in [0.05, 0.1) is 21.8 Å². The lowest BCUT2D eigenvalue weighted by atomic mass is 10.1. The second-order valence-corrected chi connectivity index (χ2v) is 9.03. The predicted octanol–water partition coefficient (Wildman–Crippen LogP) is 4.37. The fraction of sp³-hybridized carbons (Fsp3) is 0.304. The zero-order valence-electron chi connectivity index (χ0n) is 18.2. The average molecular weight is 489 g/mol. The summed E-state index contributed by atoms with van der Waals surface area (Å²) in [4.78, 5) is 33.8. The summed E-state index contributed by atoms with van der Waals surface area (Å²) in [7, 11) is 0. The maximum absolute atomic E-state index is 13.3. The molecular formula is C23H22ClFN4O3S. The number of hydrogen-bond acceptors (Lipinski definition) is 6. The Kier molecular flexibility index (Phi) is 6.99. The summed E-state index contributed by atoms with van der Waals surface area (Å²) in [5.74, 6) is 0.455. The number of thioether (sulfide) groups is 1. The Bertz CT molecular complexity index is 1170. The van der Waals surface area contributed by atoms with E-state index >= 15 is 0 Å². The van der Waals surface area contributed by atoms with Gasteiger partial charge in [0.25, 0.3) is 11.8 Å². The second kappa shape index (κ2) is 9.93. The molecule has 1 aromatic carbocycles. The highest BCUT2D eigenvalue weighted by Gasteiger charge is 2.28. The van der Waals surface area contributed by atoms with E-state index in [2.05, 4.69) is 10.1 Å². The van der Waals surface area contributed by atoms with Crippen LogP contribution in [0.25, 0.3) is 0 Å². The zero-order chi connectivity index (χ0) is 23.5. The minimum Gasteiger partial charge on any atom is -0.361 e. The number of pyridine rings is 1. The zero-order valence-corrected chi connectivity index (χ0v) is 19.7. The van der Waals surface area contributed by atoms with Crippen molar-refractivity contribution in [2.75, 3.05) is 26.2 Å². The fourth-order valence-electron chi connectivity index (χ4n) is 3.63. The van der Waals surface area contributed by atoms with Gasteiger partial charge in [0.1, 0.15) is 16.6 Å². The summed E-state index contributed by atoms with van der Waals surface area (Å²) in [5, 5.41) is 4.69. The average Bonchev–Trinajstić information content (AvgIpc) is 3.14. The molecular weight excluding hydrogens is 467 g/mol. The highest BCUT2D eigenvalue weighted by Crippen LogP contribution is 2.28. The Morgan fingerprint density at radius 1 is 1.09 bits per heavy atom. The van der Waals surface area contributed by atoms with E-state index in [4.69, 9.17) is 16.1 Å². The van der Waals surface area contributed by atoms with Crippen LogP contribution in [0, 0.1) is 19.7 Å². The van der Waals surface area contributed by atoms with Gasteiger partial charge in [-0.3, -0.25) is 9.59 Å². The Morgan fingerprint density at radius 3 is 2.36 bits per heavy atom. The van der Waals surface area contributed by atoms with Crippen LogP contribution >= 0.6 is 23.4 Å². The summed E-state index contributed by atoms with van der Waals surface area (Å²) < 4.78 is 18.5. The lowest BCUT2D eigenvalue weighted by Crippen LogP contribution is -2.50. The van der Waals surface area contributed by atoms with Gasteiger partial charge < -0.3 is 14.3 Å². The van der Waals surface area contributed by atoms with Gasteiger partial charge >= 0.3 is 0 Å². The van der Waals surface area contributed by atoms with E-state index in [1.807, 2.05) is 13.8 Å². The summed E-state index contributed by atoms with van der Waals surface area (Å²) in [6.07, 6.45) is 1.66. The van der Waals surface area contributed by atoms with E-state index in [1.165, 1.54) is 23.9 Å². The summed E-state index contributed by atoms with van der Waals surface area (Å²) in [5.41, 5.74) is 2.60. The molecule has 33 heavy (non-hydrogen) atoms. The lowest BCUT2D eigenvalue weighted by molar-refractivity contribution is 0.0533. The van der Waals surface area contributed by atoms with Gasteiger partial charge in [-0.15, -0.1) is 11.8 Å². The molecule has 1 fully saturated rings. The van der Waals surface area contributed by atoms with Gasteiger partial charge in [-0.2, -0.15) is 0 Å². The van der Waals surface area contributed by atoms with Gasteiger partial charge in [-0.05, 0) is 44.2 Å². The van der Waals surface area contributed by atoms with Crippen molar-refractivity contribution in [3.8, 4) is 0 Å². The third-order valence-corrected chi connectivity index (χ3v) is 6.90. The lowest BCUT2D eigenvalue weighted by Gasteiger charge is -2.35. The molecule has 0 bridgehead atoms. The molecule has 2 aromatic heterocycles. The number of carbonyl (C=O) groups is 2. The number of piperazine rings is 1. The van der Waals surface area contributed by atoms with Crippen molar-refractivity contribution in [2.45, 2.75) is 24.6 Å². The molecule has 1 aliphatic heterocycles. The monoisotopic (exact) mass is 488 g/mol. The van der Waals surface area contributed by atoms with Gasteiger partial charge in [-0.25, -0.2) is 9.37 Å². The smallest absolute Gasteiger partial charge is 0.256 e. The second-order valence-electron chi connectivity index (χ2n) is 7.66. The van der Waals surface area contributed by atoms with Crippen LogP contribution in [0.15, 0.2) is 46.1 Å². The summed E-state index contributed by atoms with van der Waals surface area (Å²) in [6.45, 7) is 5.23. The Balaban J connectivity index is 1.41. The number of aryl methyl sites for hydroxylation is 2. The van der Waals surface area contributed by atoms with Crippen LogP contribution in [-0.4, -0.2) is 57.9 Å². The van der Waals surface area contributed by atoms with E-state index in [9.17, 15) is 14.0 Å². The Labute approximate surface area is 199 Å². The number of carbonyl (C=O) groups excluding carboxylic acids is 2. The highest BCUT2D eigenvalue weighted by atomic mass is 35.5. The molecule has 172 valence electrons. The molecule has 2 amide bonds. The number of nitrogens with zero attached hydrogens (tertiary/aromatic N) is 4. The number of halogens is 2. The number of amides is 2. The standard InChI is InChI=1S/C23H22ClFN4O3S/c1-14-19(15(2)32-27-14)13-33-21-18(4-3-7-26-21)23(31)29-10-8-28(9-11-29)22(30)17-6-5-16(25)12-20(17)24/h3-7,12H,8-11,13H2,1-2H3. The van der Waals surface area contributed by atoms with Crippen LogP contribution in [0.3, 0.4) is 0 Å². The third kappa shape index (κ3) is 5.04. The van der Waals surface area contributed by atoms with Crippen molar-refractivity contribution in [3.05, 3.63) is 75.5 Å². The minimum absolute atomic E-state index is 0.0776. The van der Waals surface area contributed by atoms with Crippen LogP contribution < -0.4 is 0 Å². The van der Waals surface area contributed by atoms with Gasteiger partial charge in [0, 0.05) is 43.7 Å². The molecule has 0 N–H and O–H groups in total. The first-order chi connectivity index (χ1) is 15.8. The molecule has 0 saturated carbocycles. The third-order valence-electron chi connectivity index (χ3n) is 5.55. The number of aromatic nitrogens is 2. The Morgan fingerprint density at radius 2 is 1.76 bits per heavy atom. The molecule has 1 saturated heterocycles. The van der Waals surface area contributed by atoms with Crippen LogP contribution in [0.2, 0.25) is 5.02 Å². The predicted molar refractivity (Wildman–Crippen MR) is 123 cm³/mol. The van der Waals surface area contributed by atoms with Crippen molar-refractivity contribution >= 4 is 35.2 Å². The van der Waals surface area contributed by atoms with E-state index in [-0.39, 0.29) is 22.4 Å². The quantitative estimate of drug-likeness (QED) is 0.496. The molecule has 3 aromatic rings. The van der Waals surface area contributed by atoms with E-state index in [0.717, 1.165) is 23.1 Å². The number of benzene rings is 1. The van der Waals surface area contributed by atoms with E-state index in [0.29, 0.717) is 42.5 Å². The van der Waals surface area contributed by atoms with Crippen molar-refractivity contribution in [1.82, 2.24) is 19.9 Å².